The number of ether oxygens (including phenoxy) is 2. The lowest BCUT2D eigenvalue weighted by atomic mass is 10.1. The molecule has 5 rings (SSSR count). The van der Waals surface area contributed by atoms with Crippen LogP contribution in [0.3, 0.4) is 0 Å². The molecule has 3 heterocycles. The Balaban J connectivity index is 1.26. The fourth-order valence-electron chi connectivity index (χ4n) is 3.55. The van der Waals surface area contributed by atoms with Crippen molar-refractivity contribution >= 4 is 34.8 Å². The number of hydrogen-bond donors (Lipinski definition) is 2. The first-order valence-corrected chi connectivity index (χ1v) is 10.7. The second kappa shape index (κ2) is 9.25. The molecule has 35 heavy (non-hydrogen) atoms. The summed E-state index contributed by atoms with van der Waals surface area (Å²) in [6, 6.07) is 11.9. The van der Waals surface area contributed by atoms with E-state index in [0.717, 1.165) is 5.01 Å². The Hall–Kier alpha value is -4.74. The van der Waals surface area contributed by atoms with Crippen LogP contribution in [-0.4, -0.2) is 51.9 Å². The summed E-state index contributed by atoms with van der Waals surface area (Å²) in [5, 5.41) is 14.7. The molecule has 2 aliphatic heterocycles. The van der Waals surface area contributed by atoms with E-state index in [1.54, 1.807) is 42.5 Å². The minimum Gasteiger partial charge on any atom is -0.454 e. The van der Waals surface area contributed by atoms with E-state index in [1.165, 1.54) is 6.92 Å². The number of fused-ring (bicyclic) bond motifs is 1. The average molecular weight is 476 g/mol. The van der Waals surface area contributed by atoms with Crippen molar-refractivity contribution in [2.24, 2.45) is 5.10 Å². The smallest absolute Gasteiger partial charge is 0.274 e. The second-order valence-corrected chi connectivity index (χ2v) is 7.80. The highest BCUT2D eigenvalue weighted by Crippen LogP contribution is 2.35. The number of carbonyl (C=O) groups is 3. The molecule has 0 fully saturated rings. The number of rotatable bonds is 6. The van der Waals surface area contributed by atoms with E-state index >= 15 is 0 Å². The highest BCUT2D eigenvalue weighted by atomic mass is 16.7. The van der Waals surface area contributed by atoms with Gasteiger partial charge in [0.15, 0.2) is 11.5 Å². The standard InChI is InChI=1S/C23H20N6O6/c1-13(30)24-15-3-5-16(6-4-15)25-20(31)11-29-21(32)9-7-17(27-29)23-26-22(28-35-23)14-2-8-18-19(10-14)34-12-33-18/h2-6,8,10H,7,9,11-12H2,1H3,(H,24,30)(H,25,31). The molecule has 2 aliphatic rings. The van der Waals surface area contributed by atoms with Crippen molar-refractivity contribution in [3.05, 3.63) is 48.4 Å². The van der Waals surface area contributed by atoms with E-state index in [9.17, 15) is 14.4 Å². The maximum Gasteiger partial charge on any atom is 0.274 e. The van der Waals surface area contributed by atoms with Crippen LogP contribution in [0, 0.1) is 0 Å². The molecule has 2 N–H and O–H groups in total. The third kappa shape index (κ3) is 4.95. The zero-order valence-corrected chi connectivity index (χ0v) is 18.6. The number of carbonyl (C=O) groups excluding carboxylic acids is 3. The predicted octanol–water partition coefficient (Wildman–Crippen LogP) is 2.39. The van der Waals surface area contributed by atoms with Gasteiger partial charge in [0.1, 0.15) is 12.3 Å². The molecule has 3 aromatic rings. The van der Waals surface area contributed by atoms with Crippen molar-refractivity contribution in [2.45, 2.75) is 19.8 Å². The summed E-state index contributed by atoms with van der Waals surface area (Å²) >= 11 is 0. The molecule has 2 aromatic carbocycles. The number of hydrazone groups is 1. The van der Waals surface area contributed by atoms with Gasteiger partial charge in [-0.1, -0.05) is 5.16 Å². The van der Waals surface area contributed by atoms with Crippen LogP contribution in [-0.2, 0) is 14.4 Å². The Bertz CT molecular complexity index is 1330. The summed E-state index contributed by atoms with van der Waals surface area (Å²) in [4.78, 5) is 40.4. The van der Waals surface area contributed by atoms with Crippen LogP contribution in [0.2, 0.25) is 0 Å². The van der Waals surface area contributed by atoms with Crippen LogP contribution in [0.25, 0.3) is 11.4 Å². The molecule has 12 nitrogen and oxygen atoms in total. The normalized spacial score (nSPS) is 14.5. The zero-order chi connectivity index (χ0) is 24.4. The lowest BCUT2D eigenvalue weighted by Gasteiger charge is -2.21. The summed E-state index contributed by atoms with van der Waals surface area (Å²) in [7, 11) is 0. The van der Waals surface area contributed by atoms with Crippen LogP contribution < -0.4 is 20.1 Å². The SMILES string of the molecule is CC(=O)Nc1ccc(NC(=O)CN2N=C(c3nc(-c4ccc5c(c4)OCO5)no3)CCC2=O)cc1. The Morgan fingerprint density at radius 2 is 1.74 bits per heavy atom. The molecular formula is C23H20N6O6. The molecule has 0 aliphatic carbocycles. The van der Waals surface area contributed by atoms with Gasteiger partial charge < -0.3 is 24.6 Å². The largest absolute Gasteiger partial charge is 0.454 e. The molecule has 1 aromatic heterocycles. The fraction of sp³-hybridized carbons (Fsp3) is 0.217. The number of hydrogen-bond acceptors (Lipinski definition) is 9. The predicted molar refractivity (Wildman–Crippen MR) is 123 cm³/mol. The van der Waals surface area contributed by atoms with E-state index < -0.39 is 5.91 Å². The highest BCUT2D eigenvalue weighted by molar-refractivity contribution is 6.02. The third-order valence-electron chi connectivity index (χ3n) is 5.19. The molecule has 0 saturated carbocycles. The van der Waals surface area contributed by atoms with Crippen molar-refractivity contribution in [1.29, 1.82) is 0 Å². The van der Waals surface area contributed by atoms with Gasteiger partial charge in [0.2, 0.25) is 30.3 Å². The molecule has 0 radical (unpaired) electrons. The number of nitrogens with one attached hydrogen (secondary N) is 2. The van der Waals surface area contributed by atoms with Crippen molar-refractivity contribution in [1.82, 2.24) is 15.1 Å². The topological polar surface area (TPSA) is 148 Å². The summed E-state index contributed by atoms with van der Waals surface area (Å²) in [6.45, 7) is 1.29. The highest BCUT2D eigenvalue weighted by Gasteiger charge is 2.27. The summed E-state index contributed by atoms with van der Waals surface area (Å²) < 4.78 is 16.1. The maximum absolute atomic E-state index is 12.5. The number of aromatic nitrogens is 2. The third-order valence-corrected chi connectivity index (χ3v) is 5.19. The van der Waals surface area contributed by atoms with E-state index in [0.29, 0.717) is 46.4 Å². The fourth-order valence-corrected chi connectivity index (χ4v) is 3.55. The number of anilines is 2. The number of nitrogens with zero attached hydrogens (tertiary/aromatic N) is 4. The van der Waals surface area contributed by atoms with E-state index in [4.69, 9.17) is 14.0 Å². The first kappa shape index (κ1) is 22.1. The van der Waals surface area contributed by atoms with Gasteiger partial charge >= 0.3 is 0 Å². The first-order valence-electron chi connectivity index (χ1n) is 10.7. The Morgan fingerprint density at radius 1 is 1.00 bits per heavy atom. The first-order chi connectivity index (χ1) is 16.9. The minimum absolute atomic E-state index is 0.152. The molecule has 3 amide bonds. The van der Waals surface area contributed by atoms with Crippen LogP contribution in [0.4, 0.5) is 11.4 Å². The molecule has 0 bridgehead atoms. The average Bonchev–Trinajstić information content (AvgIpc) is 3.51. The van der Waals surface area contributed by atoms with Gasteiger partial charge in [-0.25, -0.2) is 5.01 Å². The number of benzene rings is 2. The Labute approximate surface area is 198 Å². The van der Waals surface area contributed by atoms with Gasteiger partial charge in [0.05, 0.1) is 0 Å². The van der Waals surface area contributed by atoms with Gasteiger partial charge in [-0.3, -0.25) is 14.4 Å². The summed E-state index contributed by atoms with van der Waals surface area (Å²) in [5.74, 6) is 0.835. The van der Waals surface area contributed by atoms with Crippen molar-refractivity contribution in [2.75, 3.05) is 24.0 Å². The van der Waals surface area contributed by atoms with E-state index in [-0.39, 0.29) is 37.5 Å². The Morgan fingerprint density at radius 3 is 2.51 bits per heavy atom. The minimum atomic E-state index is -0.429. The number of amides is 3. The lowest BCUT2D eigenvalue weighted by Crippen LogP contribution is -2.38. The molecular weight excluding hydrogens is 456 g/mol. The van der Waals surface area contributed by atoms with Crippen LogP contribution in [0.5, 0.6) is 11.5 Å². The van der Waals surface area contributed by atoms with E-state index in [2.05, 4.69) is 25.9 Å². The molecule has 0 saturated heterocycles. The van der Waals surface area contributed by atoms with Crippen molar-refractivity contribution in [3.63, 3.8) is 0 Å². The van der Waals surface area contributed by atoms with Gasteiger partial charge in [-0.05, 0) is 42.5 Å². The van der Waals surface area contributed by atoms with Crippen LogP contribution in [0.15, 0.2) is 52.1 Å². The van der Waals surface area contributed by atoms with Crippen molar-refractivity contribution < 1.29 is 28.4 Å². The molecule has 178 valence electrons. The maximum atomic E-state index is 12.5. The monoisotopic (exact) mass is 476 g/mol. The lowest BCUT2D eigenvalue weighted by molar-refractivity contribution is -0.135. The van der Waals surface area contributed by atoms with Gasteiger partial charge in [0, 0.05) is 36.7 Å². The molecule has 12 heteroatoms. The molecule has 0 atom stereocenters. The van der Waals surface area contributed by atoms with Gasteiger partial charge in [-0.15, -0.1) is 0 Å². The van der Waals surface area contributed by atoms with Crippen molar-refractivity contribution in [3.8, 4) is 22.9 Å². The van der Waals surface area contributed by atoms with E-state index in [1.807, 2.05) is 0 Å². The van der Waals surface area contributed by atoms with Crippen LogP contribution >= 0.6 is 0 Å². The summed E-state index contributed by atoms with van der Waals surface area (Å²) in [5.41, 5.74) is 2.22. The quantitative estimate of drug-likeness (QED) is 0.551. The molecule has 0 unspecified atom stereocenters. The summed E-state index contributed by atoms with van der Waals surface area (Å²) in [6.07, 6.45) is 0.462. The van der Waals surface area contributed by atoms with Gasteiger partial charge in [-0.2, -0.15) is 10.1 Å². The molecule has 0 spiro atoms. The second-order valence-electron chi connectivity index (χ2n) is 7.80. The van der Waals surface area contributed by atoms with Crippen LogP contribution in [0.1, 0.15) is 25.7 Å². The van der Waals surface area contributed by atoms with Gasteiger partial charge in [0.25, 0.3) is 5.89 Å². The Kier molecular flexibility index (Phi) is 5.83. The zero-order valence-electron chi connectivity index (χ0n) is 18.6.